The van der Waals surface area contributed by atoms with Crippen molar-refractivity contribution < 1.29 is 33.6 Å². The van der Waals surface area contributed by atoms with Crippen molar-refractivity contribution in [1.82, 2.24) is 16.1 Å². The van der Waals surface area contributed by atoms with Crippen LogP contribution in [-0.2, 0) is 9.53 Å². The summed E-state index contributed by atoms with van der Waals surface area (Å²) < 4.78 is 22.2. The summed E-state index contributed by atoms with van der Waals surface area (Å²) >= 11 is 0. The first-order valence-electron chi connectivity index (χ1n) is 12.2. The number of methoxy groups -OCH3 is 1. The monoisotopic (exact) mass is 526 g/mol. The van der Waals surface area contributed by atoms with Crippen molar-refractivity contribution in [1.29, 1.82) is 0 Å². The zero-order valence-corrected chi connectivity index (χ0v) is 22.1. The molecule has 0 aromatic heterocycles. The van der Waals surface area contributed by atoms with Gasteiger partial charge in [0.25, 0.3) is 0 Å². The zero-order valence-electron chi connectivity index (χ0n) is 22.1. The van der Waals surface area contributed by atoms with E-state index in [1.807, 2.05) is 45.0 Å². The number of amides is 2. The van der Waals surface area contributed by atoms with Crippen molar-refractivity contribution >= 4 is 18.2 Å². The van der Waals surface area contributed by atoms with E-state index in [9.17, 15) is 14.7 Å². The number of hydrogen-bond donors (Lipinski definition) is 4. The maximum atomic E-state index is 12.4. The summed E-state index contributed by atoms with van der Waals surface area (Å²) in [6.45, 7) is 7.55. The number of urea groups is 1. The van der Waals surface area contributed by atoms with Gasteiger partial charge in [0, 0.05) is 11.3 Å². The van der Waals surface area contributed by atoms with Crippen LogP contribution in [-0.4, -0.2) is 56.0 Å². The van der Waals surface area contributed by atoms with Crippen molar-refractivity contribution in [2.75, 3.05) is 20.3 Å². The van der Waals surface area contributed by atoms with Gasteiger partial charge in [-0.3, -0.25) is 5.43 Å². The number of hydrazone groups is 1. The zero-order chi connectivity index (χ0) is 27.7. The molecule has 0 saturated carbocycles. The molecular weight excluding hydrogens is 492 g/mol. The topological polar surface area (TPSA) is 140 Å². The number of rotatable bonds is 12. The van der Waals surface area contributed by atoms with Gasteiger partial charge in [0.1, 0.15) is 12.4 Å². The fraction of sp³-hybridized carbons (Fsp3) is 0.370. The van der Waals surface area contributed by atoms with Crippen molar-refractivity contribution in [3.63, 3.8) is 0 Å². The minimum Gasteiger partial charge on any atom is -0.490 e. The van der Waals surface area contributed by atoms with E-state index in [4.69, 9.17) is 18.9 Å². The molecule has 0 fully saturated rings. The van der Waals surface area contributed by atoms with Gasteiger partial charge in [-0.1, -0.05) is 18.2 Å². The molecule has 3 rings (SSSR count). The summed E-state index contributed by atoms with van der Waals surface area (Å²) in [7, 11) is 1.28. The molecule has 0 radical (unpaired) electrons. The number of carbonyl (C=O) groups excluding carboxylic acids is 2. The summed E-state index contributed by atoms with van der Waals surface area (Å²) in [6, 6.07) is 11.3. The predicted octanol–water partition coefficient (Wildman–Crippen LogP) is 2.99. The molecule has 1 heterocycles. The highest BCUT2D eigenvalue weighted by Gasteiger charge is 2.32. The quantitative estimate of drug-likeness (QED) is 0.143. The lowest BCUT2D eigenvalue weighted by atomic mass is 9.95. The lowest BCUT2D eigenvalue weighted by Crippen LogP contribution is -2.45. The van der Waals surface area contributed by atoms with E-state index in [0.29, 0.717) is 35.1 Å². The van der Waals surface area contributed by atoms with Gasteiger partial charge < -0.3 is 34.7 Å². The number of hydrogen-bond acceptors (Lipinski definition) is 9. The fourth-order valence-corrected chi connectivity index (χ4v) is 3.76. The number of nitrogens with zero attached hydrogens (tertiary/aromatic N) is 1. The molecule has 0 spiro atoms. The molecule has 1 aliphatic heterocycles. The van der Waals surface area contributed by atoms with Crippen LogP contribution in [0.4, 0.5) is 4.79 Å². The number of para-hydroxylation sites is 1. The van der Waals surface area contributed by atoms with E-state index in [-0.39, 0.29) is 18.3 Å². The van der Waals surface area contributed by atoms with Gasteiger partial charge >= 0.3 is 12.0 Å². The number of allylic oxidation sites excluding steroid dienone is 1. The van der Waals surface area contributed by atoms with Crippen molar-refractivity contribution in [2.24, 2.45) is 5.10 Å². The van der Waals surface area contributed by atoms with E-state index in [2.05, 4.69) is 21.2 Å². The van der Waals surface area contributed by atoms with Crippen LogP contribution in [0.3, 0.4) is 0 Å². The van der Waals surface area contributed by atoms with E-state index in [0.717, 1.165) is 5.56 Å². The first-order chi connectivity index (χ1) is 18.2. The van der Waals surface area contributed by atoms with Gasteiger partial charge in [0.15, 0.2) is 17.7 Å². The Hall–Kier alpha value is -4.25. The molecule has 0 aliphatic carbocycles. The average molecular weight is 527 g/mol. The van der Waals surface area contributed by atoms with Gasteiger partial charge in [-0.15, -0.1) is 0 Å². The Morgan fingerprint density at radius 1 is 1.16 bits per heavy atom. The predicted molar refractivity (Wildman–Crippen MR) is 141 cm³/mol. The summed E-state index contributed by atoms with van der Waals surface area (Å²) in [5.74, 6) is 0.879. The maximum Gasteiger partial charge on any atom is 0.337 e. The molecule has 11 heteroatoms. The van der Waals surface area contributed by atoms with Crippen molar-refractivity contribution in [3.05, 3.63) is 64.9 Å². The van der Waals surface area contributed by atoms with E-state index in [1.54, 1.807) is 31.3 Å². The Balaban J connectivity index is 1.70. The second-order valence-electron chi connectivity index (χ2n) is 8.62. The molecular formula is C27H34N4O7. The van der Waals surface area contributed by atoms with Gasteiger partial charge in [-0.25, -0.2) is 9.59 Å². The molecule has 204 valence electrons. The summed E-state index contributed by atoms with van der Waals surface area (Å²) in [5.41, 5.74) is 4.66. The van der Waals surface area contributed by atoms with E-state index >= 15 is 0 Å². The molecule has 0 saturated heterocycles. The summed E-state index contributed by atoms with van der Waals surface area (Å²) in [4.78, 5) is 24.5. The number of nitrogens with one attached hydrogen (secondary N) is 3. The third kappa shape index (κ3) is 7.39. The van der Waals surface area contributed by atoms with Crippen LogP contribution in [0.2, 0.25) is 0 Å². The summed E-state index contributed by atoms with van der Waals surface area (Å²) in [6.07, 6.45) is 0.461. The number of carbonyl (C=O) groups is 2. The molecule has 2 atom stereocenters. The van der Waals surface area contributed by atoms with Crippen LogP contribution < -0.4 is 30.3 Å². The minimum absolute atomic E-state index is 0.0144. The Morgan fingerprint density at radius 3 is 2.63 bits per heavy atom. The number of ether oxygens (including phenoxy) is 4. The van der Waals surface area contributed by atoms with Crippen molar-refractivity contribution in [2.45, 2.75) is 46.1 Å². The molecule has 4 N–H and O–H groups in total. The highest BCUT2D eigenvalue weighted by molar-refractivity contribution is 5.95. The first-order valence-corrected chi connectivity index (χ1v) is 12.2. The molecule has 0 bridgehead atoms. The molecule has 2 aromatic carbocycles. The molecule has 2 aromatic rings. The molecule has 2 amide bonds. The second kappa shape index (κ2) is 13.3. The van der Waals surface area contributed by atoms with Crippen LogP contribution in [0.25, 0.3) is 0 Å². The van der Waals surface area contributed by atoms with Crippen LogP contribution in [0.1, 0.15) is 44.9 Å². The minimum atomic E-state index is -1.11. The number of esters is 1. The van der Waals surface area contributed by atoms with Crippen LogP contribution in [0, 0.1) is 0 Å². The second-order valence-corrected chi connectivity index (χ2v) is 8.62. The number of aliphatic hydroxyl groups is 1. The Morgan fingerprint density at radius 2 is 1.92 bits per heavy atom. The number of aliphatic hydroxyl groups excluding tert-OH is 1. The molecule has 0 unspecified atom stereocenters. The largest absolute Gasteiger partial charge is 0.490 e. The maximum absolute atomic E-state index is 12.4. The molecule has 1 aliphatic rings. The van der Waals surface area contributed by atoms with Gasteiger partial charge in [-0.05, 0) is 57.5 Å². The standard InChI is InChI=1S/C27H34N4O7/c1-6-36-22-13-18(25-24(26(33)35-5)17(4)29-27(34)30-25)11-12-21(22)37-15-23(32)31-28-14-19-9-7-8-10-20(19)38-16(2)3/h7-14,16,23,25,31-32H,6,15H2,1-5H3,(H2,29,30,34)/b28-14+/t23-,25-/m1/s1. The lowest BCUT2D eigenvalue weighted by molar-refractivity contribution is -0.136. The summed E-state index contributed by atoms with van der Waals surface area (Å²) in [5, 5.41) is 19.7. The molecule has 38 heavy (non-hydrogen) atoms. The lowest BCUT2D eigenvalue weighted by Gasteiger charge is -2.28. The Bertz CT molecular complexity index is 1200. The number of benzene rings is 2. The third-order valence-electron chi connectivity index (χ3n) is 5.38. The van der Waals surface area contributed by atoms with Gasteiger partial charge in [0.2, 0.25) is 0 Å². The van der Waals surface area contributed by atoms with E-state index < -0.39 is 24.3 Å². The normalized spacial score (nSPS) is 16.1. The average Bonchev–Trinajstić information content (AvgIpc) is 2.88. The Labute approximate surface area is 221 Å². The van der Waals surface area contributed by atoms with Gasteiger partial charge in [-0.2, -0.15) is 5.10 Å². The fourth-order valence-electron chi connectivity index (χ4n) is 3.76. The SMILES string of the molecule is CCOc1cc([C@H]2NC(=O)NC(C)=C2C(=O)OC)ccc1OC[C@@H](O)N/N=C/c1ccccc1OC(C)C. The smallest absolute Gasteiger partial charge is 0.337 e. The van der Waals surface area contributed by atoms with E-state index in [1.165, 1.54) is 7.11 Å². The van der Waals surface area contributed by atoms with Crippen LogP contribution in [0.15, 0.2) is 58.8 Å². The Kier molecular flexibility index (Phi) is 9.94. The highest BCUT2D eigenvalue weighted by Crippen LogP contribution is 2.34. The highest BCUT2D eigenvalue weighted by atomic mass is 16.5. The van der Waals surface area contributed by atoms with Crippen LogP contribution in [0.5, 0.6) is 17.2 Å². The molecule has 11 nitrogen and oxygen atoms in total. The first kappa shape index (κ1) is 28.3. The van der Waals surface area contributed by atoms with Gasteiger partial charge in [0.05, 0.1) is 37.7 Å². The third-order valence-corrected chi connectivity index (χ3v) is 5.38. The van der Waals surface area contributed by atoms with Crippen LogP contribution >= 0.6 is 0 Å². The van der Waals surface area contributed by atoms with Crippen molar-refractivity contribution in [3.8, 4) is 17.2 Å².